The lowest BCUT2D eigenvalue weighted by Gasteiger charge is -2.16. The van der Waals surface area contributed by atoms with Crippen LogP contribution in [0.3, 0.4) is 0 Å². The predicted octanol–water partition coefficient (Wildman–Crippen LogP) is 11.7. The number of hydrogen-bond acceptors (Lipinski definition) is 1. The van der Waals surface area contributed by atoms with Crippen LogP contribution in [0.5, 0.6) is 0 Å². The molecule has 0 atom stereocenters. The van der Waals surface area contributed by atoms with Gasteiger partial charge in [-0.1, -0.05) is 121 Å². The van der Waals surface area contributed by atoms with Crippen molar-refractivity contribution in [2.75, 3.05) is 0 Å². The summed E-state index contributed by atoms with van der Waals surface area (Å²) >= 11 is 0. The Morgan fingerprint density at radius 3 is 1.52 bits per heavy atom. The van der Waals surface area contributed by atoms with Gasteiger partial charge in [-0.25, -0.2) is 0 Å². The highest BCUT2D eigenvalue weighted by molar-refractivity contribution is 6.19. The zero-order chi connectivity index (χ0) is 31.8. The monoisotopic (exact) mass is 609 g/mol. The fraction of sp³-hybridized carbons (Fsp3) is 0. The highest BCUT2D eigenvalue weighted by atomic mass is 15.0. The van der Waals surface area contributed by atoms with Crippen LogP contribution in [0.25, 0.3) is 87.7 Å². The van der Waals surface area contributed by atoms with Crippen molar-refractivity contribution < 1.29 is 0 Å². The van der Waals surface area contributed by atoms with E-state index in [2.05, 4.69) is 161 Å². The van der Waals surface area contributed by atoms with Crippen LogP contribution in [0.4, 0.5) is 0 Å². The average molecular weight is 610 g/mol. The molecule has 0 unspecified atom stereocenters. The van der Waals surface area contributed by atoms with E-state index in [0.29, 0.717) is 5.56 Å². The Kier molecular flexibility index (Phi) is 5.64. The van der Waals surface area contributed by atoms with E-state index in [1.165, 1.54) is 49.2 Å². The third-order valence-electron chi connectivity index (χ3n) is 9.92. The van der Waals surface area contributed by atoms with Gasteiger partial charge in [-0.15, -0.1) is 0 Å². The Bertz CT molecular complexity index is 2950. The van der Waals surface area contributed by atoms with Crippen LogP contribution in [0.1, 0.15) is 5.56 Å². The molecular weight excluding hydrogens is 583 g/mol. The van der Waals surface area contributed by atoms with Gasteiger partial charge in [-0.05, 0) is 58.6 Å². The Hall–Kier alpha value is -6.63. The summed E-state index contributed by atoms with van der Waals surface area (Å²) in [6.45, 7) is 0. The maximum atomic E-state index is 9.93. The lowest BCUT2D eigenvalue weighted by Crippen LogP contribution is -1.98. The number of rotatable bonds is 3. The molecule has 3 nitrogen and oxygen atoms in total. The minimum Gasteiger partial charge on any atom is -0.309 e. The van der Waals surface area contributed by atoms with E-state index in [0.717, 1.165) is 38.4 Å². The smallest absolute Gasteiger partial charge is 0.0998 e. The van der Waals surface area contributed by atoms with Crippen molar-refractivity contribution in [3.8, 4) is 28.6 Å². The van der Waals surface area contributed by atoms with Crippen LogP contribution in [-0.2, 0) is 0 Å². The number of fused-ring (bicyclic) bond motifs is 9. The van der Waals surface area contributed by atoms with E-state index in [1.54, 1.807) is 0 Å². The molecule has 48 heavy (non-hydrogen) atoms. The summed E-state index contributed by atoms with van der Waals surface area (Å²) in [6, 6.07) is 60.9. The molecule has 0 fully saturated rings. The second-order valence-electron chi connectivity index (χ2n) is 12.4. The molecule has 10 aromatic rings. The number of nitrogens with zero attached hydrogens (tertiary/aromatic N) is 3. The van der Waals surface area contributed by atoms with Gasteiger partial charge in [0.15, 0.2) is 0 Å². The molecule has 0 aliphatic heterocycles. The zero-order valence-electron chi connectivity index (χ0n) is 25.9. The quantitative estimate of drug-likeness (QED) is 0.183. The van der Waals surface area contributed by atoms with Crippen LogP contribution in [0.15, 0.2) is 164 Å². The number of benzene rings is 8. The second kappa shape index (κ2) is 10.2. The minimum absolute atomic E-state index is 0.701. The first-order valence-electron chi connectivity index (χ1n) is 16.3. The average Bonchev–Trinajstić information content (AvgIpc) is 3.68. The van der Waals surface area contributed by atoms with Crippen LogP contribution < -0.4 is 0 Å². The third kappa shape index (κ3) is 3.69. The van der Waals surface area contributed by atoms with E-state index in [-0.39, 0.29) is 0 Å². The number of nitriles is 1. The first kappa shape index (κ1) is 26.6. The summed E-state index contributed by atoms with van der Waals surface area (Å²) in [5.74, 6) is 0. The van der Waals surface area contributed by atoms with E-state index < -0.39 is 0 Å². The molecule has 0 spiro atoms. The molecule has 0 amide bonds. The zero-order valence-corrected chi connectivity index (χ0v) is 25.9. The maximum Gasteiger partial charge on any atom is 0.0998 e. The Morgan fingerprint density at radius 1 is 0.375 bits per heavy atom. The standard InChI is InChI=1S/C45H27N3/c46-28-30-26-29-24-25-32(27-41(29)34-15-5-4-14-33(30)34)48-43-23-9-7-17-36(43)38-19-11-21-40(45(38)48)39-20-10-18-37-35-16-6-8-22-42(35)47(44(37)39)31-12-2-1-3-13-31/h1-27H. The van der Waals surface area contributed by atoms with Gasteiger partial charge in [0, 0.05) is 49.4 Å². The molecule has 3 heteroatoms. The van der Waals surface area contributed by atoms with Crippen molar-refractivity contribution in [1.82, 2.24) is 9.13 Å². The van der Waals surface area contributed by atoms with Crippen molar-refractivity contribution >= 4 is 65.2 Å². The molecule has 0 aliphatic carbocycles. The largest absolute Gasteiger partial charge is 0.309 e. The number of para-hydroxylation sites is 5. The van der Waals surface area contributed by atoms with Gasteiger partial charge < -0.3 is 9.13 Å². The molecule has 0 saturated heterocycles. The Labute approximate surface area is 276 Å². The van der Waals surface area contributed by atoms with E-state index in [1.807, 2.05) is 18.2 Å². The lowest BCUT2D eigenvalue weighted by molar-refractivity contribution is 1.17. The number of aromatic nitrogens is 2. The molecule has 0 N–H and O–H groups in total. The van der Waals surface area contributed by atoms with Crippen molar-refractivity contribution in [2.45, 2.75) is 0 Å². The van der Waals surface area contributed by atoms with Crippen molar-refractivity contribution in [1.29, 1.82) is 5.26 Å². The minimum atomic E-state index is 0.701. The Morgan fingerprint density at radius 2 is 0.896 bits per heavy atom. The second-order valence-corrected chi connectivity index (χ2v) is 12.4. The van der Waals surface area contributed by atoms with Gasteiger partial charge in [0.25, 0.3) is 0 Å². The Balaban J connectivity index is 1.35. The molecule has 2 heterocycles. The normalized spacial score (nSPS) is 11.7. The van der Waals surface area contributed by atoms with Gasteiger partial charge in [0.1, 0.15) is 0 Å². The van der Waals surface area contributed by atoms with Gasteiger partial charge in [0.2, 0.25) is 0 Å². The number of hydrogen-bond donors (Lipinski definition) is 0. The first-order chi connectivity index (χ1) is 23.8. The SMILES string of the molecule is N#Cc1cc2ccc(-n3c4ccccc4c4cccc(-c5cccc6c7ccccc7n(-c7ccccc7)c56)c43)cc2c2ccccc12. The summed E-state index contributed by atoms with van der Waals surface area (Å²) in [5.41, 5.74) is 10.0. The van der Waals surface area contributed by atoms with Crippen molar-refractivity contribution in [2.24, 2.45) is 0 Å². The summed E-state index contributed by atoms with van der Waals surface area (Å²) in [6.07, 6.45) is 0. The molecule has 0 saturated carbocycles. The molecule has 0 bridgehead atoms. The third-order valence-corrected chi connectivity index (χ3v) is 9.92. The molecule has 8 aromatic carbocycles. The molecule has 0 aliphatic rings. The molecule has 0 radical (unpaired) electrons. The maximum absolute atomic E-state index is 9.93. The fourth-order valence-electron chi connectivity index (χ4n) is 7.91. The summed E-state index contributed by atoms with van der Waals surface area (Å²) in [4.78, 5) is 0. The predicted molar refractivity (Wildman–Crippen MR) is 200 cm³/mol. The van der Waals surface area contributed by atoms with Crippen molar-refractivity contribution in [3.05, 3.63) is 169 Å². The highest BCUT2D eigenvalue weighted by Gasteiger charge is 2.21. The first-order valence-corrected chi connectivity index (χ1v) is 16.3. The summed E-state index contributed by atoms with van der Waals surface area (Å²) < 4.78 is 4.85. The molecular formula is C45H27N3. The van der Waals surface area contributed by atoms with Crippen LogP contribution in [0.2, 0.25) is 0 Å². The molecule has 2 aromatic heterocycles. The van der Waals surface area contributed by atoms with Crippen LogP contribution in [0, 0.1) is 11.3 Å². The van der Waals surface area contributed by atoms with Crippen molar-refractivity contribution in [3.63, 3.8) is 0 Å². The lowest BCUT2D eigenvalue weighted by atomic mass is 9.97. The topological polar surface area (TPSA) is 33.6 Å². The van der Waals surface area contributed by atoms with Crippen LogP contribution in [-0.4, -0.2) is 9.13 Å². The highest BCUT2D eigenvalue weighted by Crippen LogP contribution is 2.43. The van der Waals surface area contributed by atoms with Gasteiger partial charge in [-0.2, -0.15) is 5.26 Å². The van der Waals surface area contributed by atoms with Crippen LogP contribution >= 0.6 is 0 Å². The van der Waals surface area contributed by atoms with Gasteiger partial charge in [0.05, 0.1) is 33.7 Å². The van der Waals surface area contributed by atoms with Gasteiger partial charge in [-0.3, -0.25) is 0 Å². The fourth-order valence-corrected chi connectivity index (χ4v) is 7.91. The molecule has 10 rings (SSSR count). The van der Waals surface area contributed by atoms with E-state index in [9.17, 15) is 5.26 Å². The summed E-state index contributed by atoms with van der Waals surface area (Å²) in [5, 5.41) is 19.1. The van der Waals surface area contributed by atoms with E-state index in [4.69, 9.17) is 0 Å². The summed E-state index contributed by atoms with van der Waals surface area (Å²) in [7, 11) is 0. The van der Waals surface area contributed by atoms with E-state index >= 15 is 0 Å². The van der Waals surface area contributed by atoms with Gasteiger partial charge >= 0.3 is 0 Å². The molecule has 222 valence electrons.